The van der Waals surface area contributed by atoms with Crippen molar-refractivity contribution in [3.05, 3.63) is 104 Å². The molecular formula is C20H16BrNO4. The van der Waals surface area contributed by atoms with Gasteiger partial charge in [0.1, 0.15) is 5.76 Å². The molecule has 0 unspecified atom stereocenters. The van der Waals surface area contributed by atoms with Crippen LogP contribution in [0.25, 0.3) is 0 Å². The number of nitrogens with zero attached hydrogens (tertiary/aromatic N) is 1. The lowest BCUT2D eigenvalue weighted by Crippen LogP contribution is -2.21. The number of nitro groups is 1. The molecule has 0 amide bonds. The van der Waals surface area contributed by atoms with Crippen LogP contribution in [-0.4, -0.2) is 17.8 Å². The summed E-state index contributed by atoms with van der Waals surface area (Å²) in [5.74, 6) is -0.103. The van der Waals surface area contributed by atoms with E-state index in [1.54, 1.807) is 12.1 Å². The first-order valence-corrected chi connectivity index (χ1v) is 8.85. The van der Waals surface area contributed by atoms with Gasteiger partial charge in [0.2, 0.25) is 6.54 Å². The van der Waals surface area contributed by atoms with Crippen LogP contribution in [0.5, 0.6) is 0 Å². The molecule has 0 aliphatic heterocycles. The Labute approximate surface area is 158 Å². The normalized spacial score (nSPS) is 13.1. The lowest BCUT2D eigenvalue weighted by Gasteiger charge is -2.24. The zero-order valence-electron chi connectivity index (χ0n) is 13.7. The van der Waals surface area contributed by atoms with Crippen molar-refractivity contribution in [1.82, 2.24) is 0 Å². The molecule has 0 radical (unpaired) electrons. The Morgan fingerprint density at radius 2 is 1.77 bits per heavy atom. The van der Waals surface area contributed by atoms with E-state index in [1.165, 1.54) is 0 Å². The van der Waals surface area contributed by atoms with Gasteiger partial charge in [0, 0.05) is 9.40 Å². The van der Waals surface area contributed by atoms with E-state index >= 15 is 0 Å². The van der Waals surface area contributed by atoms with Crippen LogP contribution in [-0.2, 0) is 0 Å². The van der Waals surface area contributed by atoms with Crippen LogP contribution >= 0.6 is 15.9 Å². The van der Waals surface area contributed by atoms with Gasteiger partial charge in [-0.25, -0.2) is 0 Å². The smallest absolute Gasteiger partial charge is 0.211 e. The van der Waals surface area contributed by atoms with E-state index in [9.17, 15) is 14.9 Å². The van der Waals surface area contributed by atoms with E-state index < -0.39 is 11.8 Å². The quantitative estimate of drug-likeness (QED) is 0.308. The second kappa shape index (κ2) is 8.10. The molecule has 0 fully saturated rings. The SMILES string of the molecule is O=Cc1ccc([C@@H](c2cccc(Br)c2)[C@H](C[N+](=O)[O-])c2ccccc2)o1. The third-order valence-corrected chi connectivity index (χ3v) is 4.75. The van der Waals surface area contributed by atoms with Gasteiger partial charge in [0.25, 0.3) is 0 Å². The number of furan rings is 1. The monoisotopic (exact) mass is 413 g/mol. The van der Waals surface area contributed by atoms with Crippen molar-refractivity contribution in [2.75, 3.05) is 6.54 Å². The second-order valence-electron chi connectivity index (χ2n) is 5.92. The number of hydrogen-bond acceptors (Lipinski definition) is 4. The maximum atomic E-state index is 11.4. The van der Waals surface area contributed by atoms with Gasteiger partial charge in [0.05, 0.1) is 11.8 Å². The fourth-order valence-corrected chi connectivity index (χ4v) is 3.57. The molecule has 2 aromatic carbocycles. The maximum absolute atomic E-state index is 11.4. The summed E-state index contributed by atoms with van der Waals surface area (Å²) in [6, 6.07) is 20.3. The van der Waals surface area contributed by atoms with Gasteiger partial charge in [-0.05, 0) is 35.4 Å². The van der Waals surface area contributed by atoms with E-state index in [1.807, 2.05) is 54.6 Å². The third-order valence-electron chi connectivity index (χ3n) is 4.25. The predicted molar refractivity (Wildman–Crippen MR) is 101 cm³/mol. The highest BCUT2D eigenvalue weighted by Gasteiger charge is 2.33. The van der Waals surface area contributed by atoms with Gasteiger partial charge in [-0.3, -0.25) is 14.9 Å². The van der Waals surface area contributed by atoms with Crippen molar-refractivity contribution in [3.8, 4) is 0 Å². The van der Waals surface area contributed by atoms with Gasteiger partial charge in [-0.1, -0.05) is 58.4 Å². The molecule has 3 rings (SSSR count). The molecule has 0 aliphatic carbocycles. The molecule has 1 aromatic heterocycles. The zero-order chi connectivity index (χ0) is 18.5. The van der Waals surface area contributed by atoms with Crippen LogP contribution in [0.2, 0.25) is 0 Å². The average molecular weight is 414 g/mol. The van der Waals surface area contributed by atoms with Crippen LogP contribution in [0.4, 0.5) is 0 Å². The summed E-state index contributed by atoms with van der Waals surface area (Å²) in [4.78, 5) is 22.1. The molecule has 2 atom stereocenters. The Morgan fingerprint density at radius 3 is 2.38 bits per heavy atom. The minimum absolute atomic E-state index is 0.202. The number of carbonyl (C=O) groups is 1. The molecule has 0 saturated carbocycles. The van der Waals surface area contributed by atoms with Crippen LogP contribution < -0.4 is 0 Å². The number of rotatable bonds is 7. The standard InChI is InChI=1S/C20H16BrNO4/c21-16-8-4-7-15(11-16)20(19-10-9-17(13-23)26-19)18(12-22(24)25)14-5-2-1-3-6-14/h1-11,13,18,20H,12H2/t18-,20+/m1/s1. The summed E-state index contributed by atoms with van der Waals surface area (Å²) in [5.41, 5.74) is 1.72. The number of hydrogen-bond donors (Lipinski definition) is 0. The second-order valence-corrected chi connectivity index (χ2v) is 6.84. The van der Waals surface area contributed by atoms with Crippen molar-refractivity contribution in [1.29, 1.82) is 0 Å². The van der Waals surface area contributed by atoms with E-state index in [-0.39, 0.29) is 17.2 Å². The van der Waals surface area contributed by atoms with Gasteiger partial charge in [-0.15, -0.1) is 0 Å². The molecule has 5 nitrogen and oxygen atoms in total. The van der Waals surface area contributed by atoms with Crippen LogP contribution in [0.15, 0.2) is 75.6 Å². The predicted octanol–water partition coefficient (Wildman–Crippen LogP) is 5.05. The minimum atomic E-state index is -0.439. The molecule has 0 aliphatic rings. The number of aldehydes is 1. The average Bonchev–Trinajstić information content (AvgIpc) is 3.10. The summed E-state index contributed by atoms with van der Waals surface area (Å²) in [6.45, 7) is -0.252. The van der Waals surface area contributed by atoms with Crippen molar-refractivity contribution in [3.63, 3.8) is 0 Å². The van der Waals surface area contributed by atoms with Crippen LogP contribution in [0, 0.1) is 10.1 Å². The van der Waals surface area contributed by atoms with Crippen molar-refractivity contribution < 1.29 is 14.1 Å². The summed E-state index contributed by atoms with van der Waals surface area (Å²) < 4.78 is 6.54. The van der Waals surface area contributed by atoms with Gasteiger partial charge < -0.3 is 4.42 Å². The van der Waals surface area contributed by atoms with Gasteiger partial charge in [0.15, 0.2) is 12.0 Å². The van der Waals surface area contributed by atoms with E-state index in [2.05, 4.69) is 15.9 Å². The largest absolute Gasteiger partial charge is 0.458 e. The third kappa shape index (κ3) is 4.08. The highest BCUT2D eigenvalue weighted by molar-refractivity contribution is 9.10. The minimum Gasteiger partial charge on any atom is -0.458 e. The molecule has 3 aromatic rings. The van der Waals surface area contributed by atoms with E-state index in [0.717, 1.165) is 15.6 Å². The highest BCUT2D eigenvalue weighted by atomic mass is 79.9. The molecule has 132 valence electrons. The first kappa shape index (κ1) is 18.1. The molecule has 0 N–H and O–H groups in total. The molecule has 1 heterocycles. The summed E-state index contributed by atoms with van der Waals surface area (Å²) in [7, 11) is 0. The Morgan fingerprint density at radius 1 is 1.04 bits per heavy atom. The first-order valence-electron chi connectivity index (χ1n) is 8.05. The molecule has 26 heavy (non-hydrogen) atoms. The van der Waals surface area contributed by atoms with Crippen molar-refractivity contribution in [2.24, 2.45) is 0 Å². The lowest BCUT2D eigenvalue weighted by atomic mass is 9.80. The molecular weight excluding hydrogens is 398 g/mol. The lowest BCUT2D eigenvalue weighted by molar-refractivity contribution is -0.483. The molecule has 0 saturated heterocycles. The summed E-state index contributed by atoms with van der Waals surface area (Å²) in [5, 5.41) is 11.4. The van der Waals surface area contributed by atoms with E-state index in [0.29, 0.717) is 12.0 Å². The molecule has 0 bridgehead atoms. The van der Waals surface area contributed by atoms with Gasteiger partial charge >= 0.3 is 0 Å². The molecule has 6 heteroatoms. The topological polar surface area (TPSA) is 73.3 Å². The number of halogens is 1. The van der Waals surface area contributed by atoms with Gasteiger partial charge in [-0.2, -0.15) is 0 Å². The molecule has 0 spiro atoms. The van der Waals surface area contributed by atoms with Crippen LogP contribution in [0.1, 0.15) is 39.3 Å². The fourth-order valence-electron chi connectivity index (χ4n) is 3.16. The Hall–Kier alpha value is -2.73. The van der Waals surface area contributed by atoms with E-state index in [4.69, 9.17) is 4.42 Å². The highest BCUT2D eigenvalue weighted by Crippen LogP contribution is 2.40. The van der Waals surface area contributed by atoms with Crippen molar-refractivity contribution in [2.45, 2.75) is 11.8 Å². The number of carbonyl (C=O) groups excluding carboxylic acids is 1. The Bertz CT molecular complexity index is 907. The zero-order valence-corrected chi connectivity index (χ0v) is 15.3. The van der Waals surface area contributed by atoms with Crippen molar-refractivity contribution >= 4 is 22.2 Å². The fraction of sp³-hybridized carbons (Fsp3) is 0.150. The number of benzene rings is 2. The first-order chi connectivity index (χ1) is 12.6. The Kier molecular flexibility index (Phi) is 5.63. The summed E-state index contributed by atoms with van der Waals surface area (Å²) in [6.07, 6.45) is 0.631. The summed E-state index contributed by atoms with van der Waals surface area (Å²) >= 11 is 3.46. The van der Waals surface area contributed by atoms with Crippen LogP contribution in [0.3, 0.4) is 0 Å². The Balaban J connectivity index is 2.15. The maximum Gasteiger partial charge on any atom is 0.211 e.